The van der Waals surface area contributed by atoms with Crippen LogP contribution in [0.2, 0.25) is 0 Å². The second kappa shape index (κ2) is 6.30. The Kier molecular flexibility index (Phi) is 5.32. The van der Waals surface area contributed by atoms with Crippen LogP contribution >= 0.6 is 0 Å². The molecule has 17 heavy (non-hydrogen) atoms. The van der Waals surface area contributed by atoms with E-state index in [-0.39, 0.29) is 12.2 Å². The van der Waals surface area contributed by atoms with Gasteiger partial charge in [0, 0.05) is 6.42 Å². The van der Waals surface area contributed by atoms with Gasteiger partial charge in [0.05, 0.1) is 6.61 Å². The Labute approximate surface area is 99.1 Å². The molecule has 4 N–H and O–H groups in total. The molecule has 1 saturated heterocycles. The van der Waals surface area contributed by atoms with Crippen LogP contribution in [0.5, 0.6) is 0 Å². The number of aliphatic hydroxyl groups is 4. The molecule has 4 atom stereocenters. The first-order valence-corrected chi connectivity index (χ1v) is 5.73. The van der Waals surface area contributed by atoms with E-state index in [1.165, 1.54) is 0 Å². The number of allylic oxidation sites excluding steroid dienone is 1. The van der Waals surface area contributed by atoms with E-state index in [0.29, 0.717) is 6.42 Å². The van der Waals surface area contributed by atoms with Gasteiger partial charge in [-0.05, 0) is 6.42 Å². The van der Waals surface area contributed by atoms with Crippen molar-refractivity contribution in [1.29, 1.82) is 0 Å². The summed E-state index contributed by atoms with van der Waals surface area (Å²) in [5.74, 6) is -1.03. The molecular weight excluding hydrogens is 231 g/mol. The molecule has 0 saturated carbocycles. The van der Waals surface area contributed by atoms with Crippen molar-refractivity contribution in [3.63, 3.8) is 0 Å². The van der Waals surface area contributed by atoms with Crippen LogP contribution in [0.3, 0.4) is 0 Å². The summed E-state index contributed by atoms with van der Waals surface area (Å²) in [7, 11) is 0. The molecule has 1 rings (SSSR count). The molecule has 0 amide bonds. The van der Waals surface area contributed by atoms with Gasteiger partial charge in [-0.15, -0.1) is 0 Å². The van der Waals surface area contributed by atoms with E-state index < -0.39 is 36.8 Å². The van der Waals surface area contributed by atoms with Gasteiger partial charge in [-0.3, -0.25) is 0 Å². The fraction of sp³-hybridized carbons (Fsp3) is 0.818. The van der Waals surface area contributed by atoms with Gasteiger partial charge in [0.1, 0.15) is 30.2 Å². The topological polar surface area (TPSA) is 90.2 Å². The van der Waals surface area contributed by atoms with Crippen molar-refractivity contribution in [3.8, 4) is 0 Å². The van der Waals surface area contributed by atoms with Gasteiger partial charge in [-0.1, -0.05) is 13.3 Å². The molecule has 5 nitrogen and oxygen atoms in total. The Bertz CT molecular complexity index is 279. The van der Waals surface area contributed by atoms with Crippen LogP contribution < -0.4 is 0 Å². The predicted molar refractivity (Wildman–Crippen MR) is 57.6 cm³/mol. The van der Waals surface area contributed by atoms with E-state index in [1.807, 2.05) is 6.92 Å². The summed E-state index contributed by atoms with van der Waals surface area (Å²) in [5.41, 5.74) is 0. The van der Waals surface area contributed by atoms with Crippen LogP contribution in [0.15, 0.2) is 11.6 Å². The van der Waals surface area contributed by atoms with Crippen LogP contribution in [-0.4, -0.2) is 51.4 Å². The van der Waals surface area contributed by atoms with Crippen LogP contribution in [0.25, 0.3) is 0 Å². The predicted octanol–water partition coefficient (Wildman–Crippen LogP) is -0.169. The Morgan fingerprint density at radius 2 is 1.94 bits per heavy atom. The van der Waals surface area contributed by atoms with E-state index in [0.717, 1.165) is 6.42 Å². The maximum absolute atomic E-state index is 13.7. The average Bonchev–Trinajstić information content (AvgIpc) is 2.33. The molecule has 1 heterocycles. The molecule has 0 spiro atoms. The third-order valence-corrected chi connectivity index (χ3v) is 2.80. The molecule has 1 aliphatic rings. The molecule has 1 aliphatic heterocycles. The van der Waals surface area contributed by atoms with Gasteiger partial charge in [0.15, 0.2) is 5.76 Å². The molecule has 0 aromatic carbocycles. The lowest BCUT2D eigenvalue weighted by atomic mass is 9.97. The number of unbranched alkanes of at least 4 members (excludes halogenated alkanes) is 1. The van der Waals surface area contributed by atoms with Gasteiger partial charge in [-0.25, -0.2) is 4.39 Å². The summed E-state index contributed by atoms with van der Waals surface area (Å²) >= 11 is 0. The zero-order valence-corrected chi connectivity index (χ0v) is 9.71. The van der Waals surface area contributed by atoms with Crippen molar-refractivity contribution < 1.29 is 29.6 Å². The van der Waals surface area contributed by atoms with Gasteiger partial charge in [0.25, 0.3) is 0 Å². The lowest BCUT2D eigenvalue weighted by molar-refractivity contribution is -0.167. The summed E-state index contributed by atoms with van der Waals surface area (Å²) in [4.78, 5) is 0. The molecule has 0 unspecified atom stereocenters. The van der Waals surface area contributed by atoms with E-state index in [2.05, 4.69) is 0 Å². The SMILES string of the molecule is CCCC/C(F)=C1\O[C@H](CO)[C@@H](O)[C@H](O)[C@H]1O. The van der Waals surface area contributed by atoms with Crippen molar-refractivity contribution in [1.82, 2.24) is 0 Å². The van der Waals surface area contributed by atoms with Gasteiger partial charge < -0.3 is 25.2 Å². The standard InChI is InChI=1S/C11H19FO5/c1-2-3-4-6(12)11-10(16)9(15)8(14)7(5-13)17-11/h7-10,13-16H,2-5H2,1H3/b11-6+/t7-,8-,9+,10-/m1/s1. The second-order valence-electron chi connectivity index (χ2n) is 4.14. The number of ether oxygens (including phenoxy) is 1. The molecule has 100 valence electrons. The Hall–Kier alpha value is -0.690. The molecule has 0 aliphatic carbocycles. The minimum Gasteiger partial charge on any atom is -0.484 e. The highest BCUT2D eigenvalue weighted by atomic mass is 19.1. The summed E-state index contributed by atoms with van der Waals surface area (Å²) in [6.45, 7) is 1.33. The maximum atomic E-state index is 13.7. The first-order chi connectivity index (χ1) is 8.02. The molecule has 0 aromatic heterocycles. The molecule has 0 bridgehead atoms. The Balaban J connectivity index is 2.84. The lowest BCUT2D eigenvalue weighted by Crippen LogP contribution is -2.53. The van der Waals surface area contributed by atoms with Crippen molar-refractivity contribution in [3.05, 3.63) is 11.6 Å². The van der Waals surface area contributed by atoms with Crippen LogP contribution in [0.1, 0.15) is 26.2 Å². The van der Waals surface area contributed by atoms with Crippen LogP contribution in [-0.2, 0) is 4.74 Å². The Morgan fingerprint density at radius 1 is 1.29 bits per heavy atom. The highest BCUT2D eigenvalue weighted by molar-refractivity contribution is 5.13. The molecule has 6 heteroatoms. The number of aliphatic hydroxyl groups excluding tert-OH is 4. The average molecular weight is 250 g/mol. The first kappa shape index (κ1) is 14.4. The van der Waals surface area contributed by atoms with Crippen molar-refractivity contribution in [2.45, 2.75) is 50.6 Å². The quantitative estimate of drug-likeness (QED) is 0.556. The fourth-order valence-corrected chi connectivity index (χ4v) is 1.69. The van der Waals surface area contributed by atoms with Gasteiger partial charge in [-0.2, -0.15) is 0 Å². The molecule has 0 aromatic rings. The summed E-state index contributed by atoms with van der Waals surface area (Å²) < 4.78 is 18.6. The monoisotopic (exact) mass is 250 g/mol. The van der Waals surface area contributed by atoms with Crippen LogP contribution in [0, 0.1) is 0 Å². The van der Waals surface area contributed by atoms with E-state index >= 15 is 0 Å². The minimum atomic E-state index is -1.59. The zero-order valence-electron chi connectivity index (χ0n) is 9.71. The van der Waals surface area contributed by atoms with Crippen LogP contribution in [0.4, 0.5) is 4.39 Å². The van der Waals surface area contributed by atoms with Crippen molar-refractivity contribution in [2.24, 2.45) is 0 Å². The number of hydrogen-bond acceptors (Lipinski definition) is 5. The van der Waals surface area contributed by atoms with Gasteiger partial charge in [0.2, 0.25) is 0 Å². The largest absolute Gasteiger partial charge is 0.484 e. The first-order valence-electron chi connectivity index (χ1n) is 5.73. The minimum absolute atomic E-state index is 0.101. The Morgan fingerprint density at radius 3 is 2.47 bits per heavy atom. The maximum Gasteiger partial charge on any atom is 0.159 e. The van der Waals surface area contributed by atoms with E-state index in [4.69, 9.17) is 9.84 Å². The highest BCUT2D eigenvalue weighted by Crippen LogP contribution is 2.28. The summed E-state index contributed by atoms with van der Waals surface area (Å²) in [6.07, 6.45) is -4.22. The van der Waals surface area contributed by atoms with E-state index in [9.17, 15) is 19.7 Å². The zero-order chi connectivity index (χ0) is 13.0. The third-order valence-electron chi connectivity index (χ3n) is 2.80. The van der Waals surface area contributed by atoms with Crippen molar-refractivity contribution >= 4 is 0 Å². The van der Waals surface area contributed by atoms with Crippen molar-refractivity contribution in [2.75, 3.05) is 6.61 Å². The molecule has 1 fully saturated rings. The number of halogens is 1. The summed E-state index contributed by atoms with van der Waals surface area (Å²) in [6, 6.07) is 0. The number of rotatable bonds is 4. The lowest BCUT2D eigenvalue weighted by Gasteiger charge is -2.36. The highest BCUT2D eigenvalue weighted by Gasteiger charge is 2.42. The van der Waals surface area contributed by atoms with E-state index in [1.54, 1.807) is 0 Å². The number of hydrogen-bond donors (Lipinski definition) is 4. The normalized spacial score (nSPS) is 36.6. The fourth-order valence-electron chi connectivity index (χ4n) is 1.69. The third kappa shape index (κ3) is 3.16. The second-order valence-corrected chi connectivity index (χ2v) is 4.14. The van der Waals surface area contributed by atoms with Gasteiger partial charge >= 0.3 is 0 Å². The molecule has 0 radical (unpaired) electrons. The summed E-state index contributed by atoms with van der Waals surface area (Å²) in [5, 5.41) is 37.4. The smallest absolute Gasteiger partial charge is 0.159 e. The molecular formula is C11H19FO5.